The smallest absolute Gasteiger partial charge is 0.218 e. The average Bonchev–Trinajstić information content (AvgIpc) is 3.08. The number of methoxy groups -OCH3 is 1. The maximum atomic E-state index is 5.26. The largest absolute Gasteiger partial charge is 0.481 e. The van der Waals surface area contributed by atoms with Gasteiger partial charge in [0.15, 0.2) is 0 Å². The number of nitrogens with one attached hydrogen (secondary N) is 1. The van der Waals surface area contributed by atoms with Gasteiger partial charge in [0.05, 0.1) is 7.11 Å². The summed E-state index contributed by atoms with van der Waals surface area (Å²) in [6.07, 6.45) is 5.07. The Labute approximate surface area is 114 Å². The predicted molar refractivity (Wildman–Crippen MR) is 74.7 cm³/mol. The van der Waals surface area contributed by atoms with Crippen LogP contribution in [0.5, 0.6) is 5.88 Å². The zero-order valence-electron chi connectivity index (χ0n) is 11.7. The summed E-state index contributed by atoms with van der Waals surface area (Å²) < 4.78 is 5.26. The van der Waals surface area contributed by atoms with Gasteiger partial charge in [0.1, 0.15) is 11.6 Å². The van der Waals surface area contributed by atoms with Crippen LogP contribution in [0.15, 0.2) is 6.07 Å². The molecular formula is C14H22N4O. The van der Waals surface area contributed by atoms with Gasteiger partial charge in [0.25, 0.3) is 0 Å². The quantitative estimate of drug-likeness (QED) is 0.895. The third-order valence-corrected chi connectivity index (χ3v) is 4.17. The second-order valence-electron chi connectivity index (χ2n) is 5.42. The molecule has 0 aromatic carbocycles. The van der Waals surface area contributed by atoms with E-state index in [0.29, 0.717) is 18.0 Å². The lowest BCUT2D eigenvalue weighted by Gasteiger charge is -2.30. The summed E-state index contributed by atoms with van der Waals surface area (Å²) in [5, 5.41) is 3.63. The van der Waals surface area contributed by atoms with Crippen molar-refractivity contribution in [2.75, 3.05) is 25.1 Å². The first-order valence-electron chi connectivity index (χ1n) is 7.17. The van der Waals surface area contributed by atoms with Crippen LogP contribution in [-0.2, 0) is 0 Å². The van der Waals surface area contributed by atoms with E-state index in [2.05, 4.69) is 20.2 Å². The van der Waals surface area contributed by atoms with Gasteiger partial charge < -0.3 is 15.0 Å². The van der Waals surface area contributed by atoms with Crippen LogP contribution in [0.2, 0.25) is 0 Å². The normalized spacial score (nSPS) is 26.9. The zero-order valence-corrected chi connectivity index (χ0v) is 11.7. The van der Waals surface area contributed by atoms with Crippen molar-refractivity contribution in [2.24, 2.45) is 0 Å². The topological polar surface area (TPSA) is 50.3 Å². The van der Waals surface area contributed by atoms with Gasteiger partial charge in [0.2, 0.25) is 5.88 Å². The highest BCUT2D eigenvalue weighted by Gasteiger charge is 2.34. The summed E-state index contributed by atoms with van der Waals surface area (Å²) >= 11 is 0. The van der Waals surface area contributed by atoms with E-state index in [1.54, 1.807) is 7.11 Å². The van der Waals surface area contributed by atoms with Crippen molar-refractivity contribution in [1.29, 1.82) is 0 Å². The Morgan fingerprint density at radius 3 is 2.95 bits per heavy atom. The molecule has 0 spiro atoms. The summed E-state index contributed by atoms with van der Waals surface area (Å²) in [4.78, 5) is 11.3. The molecule has 2 aliphatic rings. The highest BCUT2D eigenvalue weighted by Crippen LogP contribution is 2.30. The number of nitrogens with zero attached hydrogens (tertiary/aromatic N) is 3. The van der Waals surface area contributed by atoms with E-state index in [1.165, 1.54) is 25.7 Å². The van der Waals surface area contributed by atoms with Crippen LogP contribution < -0.4 is 15.0 Å². The van der Waals surface area contributed by atoms with Crippen molar-refractivity contribution >= 4 is 5.82 Å². The molecule has 2 unspecified atom stereocenters. The highest BCUT2D eigenvalue weighted by molar-refractivity contribution is 5.44. The zero-order chi connectivity index (χ0) is 13.2. The second kappa shape index (κ2) is 5.33. The fraction of sp³-hybridized carbons (Fsp3) is 0.714. The third-order valence-electron chi connectivity index (χ3n) is 4.17. The molecule has 104 valence electrons. The van der Waals surface area contributed by atoms with Crippen molar-refractivity contribution in [3.8, 4) is 5.88 Å². The first-order chi connectivity index (χ1) is 9.28. The first-order valence-corrected chi connectivity index (χ1v) is 7.17. The van der Waals surface area contributed by atoms with E-state index in [4.69, 9.17) is 4.74 Å². The van der Waals surface area contributed by atoms with Crippen LogP contribution in [0, 0.1) is 6.92 Å². The average molecular weight is 262 g/mol. The lowest BCUT2D eigenvalue weighted by atomic mass is 10.0. The molecular weight excluding hydrogens is 240 g/mol. The van der Waals surface area contributed by atoms with Crippen LogP contribution in [0.4, 0.5) is 5.82 Å². The van der Waals surface area contributed by atoms with Gasteiger partial charge in [-0.1, -0.05) is 0 Å². The number of aromatic nitrogens is 2. The monoisotopic (exact) mass is 262 g/mol. The van der Waals surface area contributed by atoms with E-state index in [1.807, 2.05) is 13.0 Å². The maximum Gasteiger partial charge on any atom is 0.218 e. The van der Waals surface area contributed by atoms with E-state index in [-0.39, 0.29) is 0 Å². The van der Waals surface area contributed by atoms with Crippen molar-refractivity contribution in [3.63, 3.8) is 0 Å². The Bertz CT molecular complexity index is 445. The first kappa shape index (κ1) is 12.7. The number of anilines is 1. The fourth-order valence-corrected chi connectivity index (χ4v) is 3.31. The summed E-state index contributed by atoms with van der Waals surface area (Å²) in [6, 6.07) is 3.14. The molecule has 0 saturated carbocycles. The molecule has 19 heavy (non-hydrogen) atoms. The third kappa shape index (κ3) is 2.52. The molecule has 5 heteroatoms. The summed E-state index contributed by atoms with van der Waals surface area (Å²) in [5.41, 5.74) is 0. The number of aryl methyl sites for hydroxylation is 1. The van der Waals surface area contributed by atoms with E-state index in [9.17, 15) is 0 Å². The summed E-state index contributed by atoms with van der Waals surface area (Å²) in [6.45, 7) is 4.16. The van der Waals surface area contributed by atoms with E-state index >= 15 is 0 Å². The summed E-state index contributed by atoms with van der Waals surface area (Å²) in [5.74, 6) is 2.45. The van der Waals surface area contributed by atoms with Gasteiger partial charge in [0, 0.05) is 24.7 Å². The molecule has 2 saturated heterocycles. The van der Waals surface area contributed by atoms with Gasteiger partial charge in [-0.2, -0.15) is 4.98 Å². The lowest BCUT2D eigenvalue weighted by Crippen LogP contribution is -2.44. The van der Waals surface area contributed by atoms with Gasteiger partial charge in [-0.3, -0.25) is 0 Å². The molecule has 3 heterocycles. The molecule has 1 aromatic heterocycles. The molecule has 0 bridgehead atoms. The van der Waals surface area contributed by atoms with E-state index < -0.39 is 0 Å². The van der Waals surface area contributed by atoms with Crippen LogP contribution in [0.1, 0.15) is 31.5 Å². The minimum Gasteiger partial charge on any atom is -0.481 e. The molecule has 1 aromatic rings. The van der Waals surface area contributed by atoms with Crippen LogP contribution in [0.3, 0.4) is 0 Å². The van der Waals surface area contributed by atoms with Crippen molar-refractivity contribution in [1.82, 2.24) is 15.3 Å². The number of hydrogen-bond acceptors (Lipinski definition) is 5. The molecule has 2 fully saturated rings. The Morgan fingerprint density at radius 1 is 1.32 bits per heavy atom. The molecule has 0 aliphatic carbocycles. The van der Waals surface area contributed by atoms with Gasteiger partial charge in [-0.15, -0.1) is 0 Å². The predicted octanol–water partition coefficient (Wildman–Crippen LogP) is 1.51. The maximum absolute atomic E-state index is 5.26. The van der Waals surface area contributed by atoms with Crippen LogP contribution >= 0.6 is 0 Å². The fourth-order valence-electron chi connectivity index (χ4n) is 3.31. The van der Waals surface area contributed by atoms with Gasteiger partial charge >= 0.3 is 0 Å². The Kier molecular flexibility index (Phi) is 3.55. The minimum absolute atomic E-state index is 0.571. The van der Waals surface area contributed by atoms with Gasteiger partial charge in [-0.25, -0.2) is 4.98 Å². The van der Waals surface area contributed by atoms with E-state index in [0.717, 1.165) is 24.7 Å². The molecule has 0 amide bonds. The minimum atomic E-state index is 0.571. The highest BCUT2D eigenvalue weighted by atomic mass is 16.5. The molecule has 3 rings (SSSR count). The van der Waals surface area contributed by atoms with Crippen molar-refractivity contribution in [3.05, 3.63) is 11.9 Å². The number of hydrogen-bond donors (Lipinski definition) is 1. The molecule has 0 radical (unpaired) electrons. The Morgan fingerprint density at radius 2 is 2.21 bits per heavy atom. The lowest BCUT2D eigenvalue weighted by molar-refractivity contribution is 0.395. The molecule has 1 N–H and O–H groups in total. The molecule has 5 nitrogen and oxygen atoms in total. The molecule has 2 atom stereocenters. The number of ether oxygens (including phenoxy) is 1. The molecule has 2 aliphatic heterocycles. The van der Waals surface area contributed by atoms with Crippen molar-refractivity contribution in [2.45, 2.75) is 44.7 Å². The van der Waals surface area contributed by atoms with Crippen LogP contribution in [-0.4, -0.2) is 42.3 Å². The van der Waals surface area contributed by atoms with Gasteiger partial charge in [-0.05, 0) is 39.2 Å². The SMILES string of the molecule is COc1cc(N2CCCC2C2CCCN2)nc(C)n1. The van der Waals surface area contributed by atoms with Crippen molar-refractivity contribution < 1.29 is 4.74 Å². The number of rotatable bonds is 3. The summed E-state index contributed by atoms with van der Waals surface area (Å²) in [7, 11) is 1.66. The second-order valence-corrected chi connectivity index (χ2v) is 5.42. The standard InChI is InChI=1S/C14H22N4O/c1-10-16-13(9-14(17-10)19-2)18-8-4-6-12(18)11-5-3-7-15-11/h9,11-12,15H,3-8H2,1-2H3. The Hall–Kier alpha value is -1.36. The van der Waals surface area contributed by atoms with Crippen LogP contribution in [0.25, 0.3) is 0 Å². The Balaban J connectivity index is 1.85.